The van der Waals surface area contributed by atoms with Crippen LogP contribution in [0.15, 0.2) is 48.7 Å². The molecule has 3 N–H and O–H groups in total. The average Bonchev–Trinajstić information content (AvgIpc) is 2.74. The predicted octanol–water partition coefficient (Wildman–Crippen LogP) is 2.81. The predicted molar refractivity (Wildman–Crippen MR) is 107 cm³/mol. The number of amides is 3. The summed E-state index contributed by atoms with van der Waals surface area (Å²) in [5, 5.41) is 16.1. The second-order valence-electron chi connectivity index (χ2n) is 6.89. The van der Waals surface area contributed by atoms with Crippen LogP contribution >= 0.6 is 0 Å². The van der Waals surface area contributed by atoms with Gasteiger partial charge in [0.05, 0.1) is 11.8 Å². The van der Waals surface area contributed by atoms with Gasteiger partial charge in [0.25, 0.3) is 5.91 Å². The number of aromatic nitrogens is 1. The van der Waals surface area contributed by atoms with E-state index < -0.39 is 6.10 Å². The summed E-state index contributed by atoms with van der Waals surface area (Å²) >= 11 is 0. The summed E-state index contributed by atoms with van der Waals surface area (Å²) in [5.74, 6) is -0.0378. The lowest BCUT2D eigenvalue weighted by atomic mass is 9.89. The van der Waals surface area contributed by atoms with E-state index in [1.807, 2.05) is 25.1 Å². The van der Waals surface area contributed by atoms with Crippen molar-refractivity contribution < 1.29 is 14.7 Å². The van der Waals surface area contributed by atoms with Crippen molar-refractivity contribution in [2.24, 2.45) is 5.92 Å². The SMILES string of the molecule is CCNC(=O)c1ccc(NC(=O)N2CCC(C(O)c3ccccn3)CC2)cc1. The van der Waals surface area contributed by atoms with E-state index >= 15 is 0 Å². The molecule has 3 rings (SSSR count). The second-order valence-corrected chi connectivity index (χ2v) is 6.89. The molecule has 1 atom stereocenters. The number of benzene rings is 1. The van der Waals surface area contributed by atoms with E-state index in [9.17, 15) is 14.7 Å². The standard InChI is InChI=1S/C21H26N4O3/c1-2-22-20(27)16-6-8-17(9-7-16)24-21(28)25-13-10-15(11-14-25)19(26)18-5-3-4-12-23-18/h3-9,12,15,19,26H,2,10-11,13-14H2,1H3,(H,22,27)(H,24,28). The monoisotopic (exact) mass is 382 g/mol. The average molecular weight is 382 g/mol. The molecule has 1 aliphatic rings. The summed E-state index contributed by atoms with van der Waals surface area (Å²) in [6.07, 6.45) is 2.52. The van der Waals surface area contributed by atoms with Crippen LogP contribution in [0.1, 0.15) is 41.9 Å². The van der Waals surface area contributed by atoms with Crippen molar-refractivity contribution in [3.8, 4) is 0 Å². The molecule has 0 bridgehead atoms. The highest BCUT2D eigenvalue weighted by Crippen LogP contribution is 2.29. The Balaban J connectivity index is 1.50. The van der Waals surface area contributed by atoms with E-state index in [-0.39, 0.29) is 17.9 Å². The molecule has 2 heterocycles. The molecule has 0 radical (unpaired) electrons. The van der Waals surface area contributed by atoms with E-state index in [1.54, 1.807) is 35.4 Å². The molecule has 0 aliphatic carbocycles. The fourth-order valence-corrected chi connectivity index (χ4v) is 3.38. The van der Waals surface area contributed by atoms with Crippen LogP contribution in [0.4, 0.5) is 10.5 Å². The number of urea groups is 1. The number of piperidine rings is 1. The van der Waals surface area contributed by atoms with Gasteiger partial charge < -0.3 is 20.6 Å². The Hall–Kier alpha value is -2.93. The minimum Gasteiger partial charge on any atom is -0.387 e. The first-order valence-electron chi connectivity index (χ1n) is 9.61. The minimum atomic E-state index is -0.603. The van der Waals surface area contributed by atoms with Crippen LogP contribution in [-0.2, 0) is 0 Å². The Kier molecular flexibility index (Phi) is 6.60. The quantitative estimate of drug-likeness (QED) is 0.741. The van der Waals surface area contributed by atoms with Gasteiger partial charge in [-0.1, -0.05) is 6.07 Å². The molecule has 1 unspecified atom stereocenters. The molecule has 3 amide bonds. The van der Waals surface area contributed by atoms with E-state index in [0.717, 1.165) is 12.8 Å². The topological polar surface area (TPSA) is 94.6 Å². The third-order valence-electron chi connectivity index (χ3n) is 5.00. The van der Waals surface area contributed by atoms with Gasteiger partial charge >= 0.3 is 6.03 Å². The maximum atomic E-state index is 12.5. The normalized spacial score (nSPS) is 15.7. The van der Waals surface area contributed by atoms with Gasteiger partial charge in [0, 0.05) is 37.1 Å². The number of nitrogens with one attached hydrogen (secondary N) is 2. The zero-order valence-corrected chi connectivity index (χ0v) is 16.0. The second kappa shape index (κ2) is 9.32. The molecule has 0 spiro atoms. The highest BCUT2D eigenvalue weighted by Gasteiger charge is 2.28. The van der Waals surface area contributed by atoms with Crippen LogP contribution in [0.2, 0.25) is 0 Å². The Morgan fingerprint density at radius 1 is 1.18 bits per heavy atom. The van der Waals surface area contributed by atoms with E-state index in [2.05, 4.69) is 15.6 Å². The number of carbonyl (C=O) groups excluding carboxylic acids is 2. The van der Waals surface area contributed by atoms with Crippen LogP contribution < -0.4 is 10.6 Å². The van der Waals surface area contributed by atoms with Crippen molar-refractivity contribution >= 4 is 17.6 Å². The van der Waals surface area contributed by atoms with Crippen LogP contribution in [0, 0.1) is 5.92 Å². The summed E-state index contributed by atoms with van der Waals surface area (Å²) in [7, 11) is 0. The number of likely N-dealkylation sites (tertiary alicyclic amines) is 1. The third-order valence-corrected chi connectivity index (χ3v) is 5.00. The summed E-state index contributed by atoms with van der Waals surface area (Å²) in [6, 6.07) is 12.2. The first-order valence-corrected chi connectivity index (χ1v) is 9.61. The highest BCUT2D eigenvalue weighted by molar-refractivity contribution is 5.95. The molecule has 1 aromatic carbocycles. The zero-order valence-electron chi connectivity index (χ0n) is 16.0. The van der Waals surface area contributed by atoms with Crippen molar-refractivity contribution in [2.45, 2.75) is 25.9 Å². The molecule has 7 heteroatoms. The number of carbonyl (C=O) groups is 2. The summed E-state index contributed by atoms with van der Waals surface area (Å²) in [4.78, 5) is 30.3. The Bertz CT molecular complexity index is 787. The largest absolute Gasteiger partial charge is 0.387 e. The first-order chi connectivity index (χ1) is 13.6. The summed E-state index contributed by atoms with van der Waals surface area (Å²) in [5.41, 5.74) is 1.88. The smallest absolute Gasteiger partial charge is 0.321 e. The van der Waals surface area contributed by atoms with Crippen LogP contribution in [0.3, 0.4) is 0 Å². The summed E-state index contributed by atoms with van der Waals surface area (Å²) in [6.45, 7) is 3.60. The van der Waals surface area contributed by atoms with Gasteiger partial charge in [-0.15, -0.1) is 0 Å². The van der Waals surface area contributed by atoms with E-state index in [4.69, 9.17) is 0 Å². The van der Waals surface area contributed by atoms with E-state index in [0.29, 0.717) is 36.6 Å². The van der Waals surface area contributed by atoms with Crippen LogP contribution in [-0.4, -0.2) is 46.6 Å². The van der Waals surface area contributed by atoms with Gasteiger partial charge in [-0.3, -0.25) is 9.78 Å². The molecule has 7 nitrogen and oxygen atoms in total. The zero-order chi connectivity index (χ0) is 19.9. The van der Waals surface area contributed by atoms with Crippen molar-refractivity contribution in [1.82, 2.24) is 15.2 Å². The lowest BCUT2D eigenvalue weighted by Crippen LogP contribution is -2.42. The molecular weight excluding hydrogens is 356 g/mol. The number of rotatable bonds is 5. The highest BCUT2D eigenvalue weighted by atomic mass is 16.3. The molecule has 148 valence electrons. The maximum absolute atomic E-state index is 12.5. The number of aliphatic hydroxyl groups excluding tert-OH is 1. The Labute approximate surface area is 164 Å². The molecule has 1 aliphatic heterocycles. The number of anilines is 1. The molecule has 1 aromatic heterocycles. The molecular formula is C21H26N4O3. The summed E-state index contributed by atoms with van der Waals surface area (Å²) < 4.78 is 0. The molecule has 1 fully saturated rings. The van der Waals surface area contributed by atoms with Crippen molar-refractivity contribution in [3.05, 3.63) is 59.9 Å². The number of aliphatic hydroxyl groups is 1. The van der Waals surface area contributed by atoms with Gasteiger partial charge in [0.2, 0.25) is 0 Å². The number of nitrogens with zero attached hydrogens (tertiary/aromatic N) is 2. The van der Waals surface area contributed by atoms with Gasteiger partial charge in [-0.05, 0) is 62.1 Å². The fraction of sp³-hybridized carbons (Fsp3) is 0.381. The van der Waals surface area contributed by atoms with Crippen molar-refractivity contribution in [1.29, 1.82) is 0 Å². The fourth-order valence-electron chi connectivity index (χ4n) is 3.38. The Morgan fingerprint density at radius 2 is 1.89 bits per heavy atom. The van der Waals surface area contributed by atoms with Gasteiger partial charge in [0.1, 0.15) is 0 Å². The van der Waals surface area contributed by atoms with Gasteiger partial charge in [-0.25, -0.2) is 4.79 Å². The van der Waals surface area contributed by atoms with E-state index in [1.165, 1.54) is 0 Å². The third kappa shape index (κ3) is 4.86. The van der Waals surface area contributed by atoms with Gasteiger partial charge in [0.15, 0.2) is 0 Å². The van der Waals surface area contributed by atoms with Crippen molar-refractivity contribution in [2.75, 3.05) is 25.0 Å². The molecule has 2 aromatic rings. The molecule has 28 heavy (non-hydrogen) atoms. The Morgan fingerprint density at radius 3 is 2.50 bits per heavy atom. The van der Waals surface area contributed by atoms with Crippen molar-refractivity contribution in [3.63, 3.8) is 0 Å². The number of pyridine rings is 1. The minimum absolute atomic E-state index is 0.0929. The first kappa shape index (κ1) is 19.8. The van der Waals surface area contributed by atoms with Crippen LogP contribution in [0.5, 0.6) is 0 Å². The lowest BCUT2D eigenvalue weighted by molar-refractivity contribution is 0.0652. The van der Waals surface area contributed by atoms with Gasteiger partial charge in [-0.2, -0.15) is 0 Å². The maximum Gasteiger partial charge on any atom is 0.321 e. The number of hydrogen-bond donors (Lipinski definition) is 3. The van der Waals surface area contributed by atoms with Crippen LogP contribution in [0.25, 0.3) is 0 Å². The molecule has 0 saturated carbocycles. The lowest BCUT2D eigenvalue weighted by Gasteiger charge is -2.34. The molecule has 1 saturated heterocycles. The number of hydrogen-bond acceptors (Lipinski definition) is 4.